The SMILES string of the molecule is CCCCN(CCCC)CC(C)(C)CO. The van der Waals surface area contributed by atoms with Gasteiger partial charge in [-0.05, 0) is 25.9 Å². The molecule has 0 aliphatic carbocycles. The van der Waals surface area contributed by atoms with Gasteiger partial charge in [-0.25, -0.2) is 0 Å². The first-order chi connectivity index (χ1) is 7.05. The maximum atomic E-state index is 9.27. The number of aliphatic hydroxyl groups excluding tert-OH is 1. The van der Waals surface area contributed by atoms with Crippen LogP contribution in [-0.4, -0.2) is 36.2 Å². The molecule has 0 bridgehead atoms. The van der Waals surface area contributed by atoms with E-state index in [2.05, 4.69) is 32.6 Å². The van der Waals surface area contributed by atoms with E-state index < -0.39 is 0 Å². The number of hydrogen-bond donors (Lipinski definition) is 1. The monoisotopic (exact) mass is 215 g/mol. The van der Waals surface area contributed by atoms with Crippen molar-refractivity contribution in [1.29, 1.82) is 0 Å². The van der Waals surface area contributed by atoms with Crippen molar-refractivity contribution in [3.05, 3.63) is 0 Å². The normalized spacial score (nSPS) is 12.4. The predicted octanol–water partition coefficient (Wildman–Crippen LogP) is 2.91. The Morgan fingerprint density at radius 3 is 1.80 bits per heavy atom. The molecule has 0 aromatic rings. The smallest absolute Gasteiger partial charge is 0.0494 e. The van der Waals surface area contributed by atoms with E-state index in [9.17, 15) is 5.11 Å². The number of unbranched alkanes of at least 4 members (excludes halogenated alkanes) is 2. The van der Waals surface area contributed by atoms with Crippen LogP contribution < -0.4 is 0 Å². The van der Waals surface area contributed by atoms with Crippen LogP contribution in [0.1, 0.15) is 53.4 Å². The van der Waals surface area contributed by atoms with Crippen molar-refractivity contribution in [2.45, 2.75) is 53.4 Å². The second kappa shape index (κ2) is 8.12. The number of rotatable bonds is 9. The van der Waals surface area contributed by atoms with Crippen LogP contribution in [0.15, 0.2) is 0 Å². The van der Waals surface area contributed by atoms with Gasteiger partial charge in [-0.15, -0.1) is 0 Å². The Hall–Kier alpha value is -0.0800. The van der Waals surface area contributed by atoms with E-state index in [0.717, 1.165) is 6.54 Å². The topological polar surface area (TPSA) is 23.5 Å². The van der Waals surface area contributed by atoms with Gasteiger partial charge in [0.1, 0.15) is 0 Å². The minimum Gasteiger partial charge on any atom is -0.396 e. The molecule has 0 saturated heterocycles. The number of hydrogen-bond acceptors (Lipinski definition) is 2. The first-order valence-corrected chi connectivity index (χ1v) is 6.39. The summed E-state index contributed by atoms with van der Waals surface area (Å²) in [5.41, 5.74) is 0.0431. The fraction of sp³-hybridized carbons (Fsp3) is 1.00. The first kappa shape index (κ1) is 14.9. The Labute approximate surface area is 95.7 Å². The summed E-state index contributed by atoms with van der Waals surface area (Å²) in [5, 5.41) is 9.27. The fourth-order valence-corrected chi connectivity index (χ4v) is 1.69. The van der Waals surface area contributed by atoms with Crippen LogP contribution in [0.3, 0.4) is 0 Å². The van der Waals surface area contributed by atoms with Gasteiger partial charge in [-0.1, -0.05) is 40.5 Å². The van der Waals surface area contributed by atoms with E-state index in [4.69, 9.17) is 0 Å². The van der Waals surface area contributed by atoms with Crippen molar-refractivity contribution in [1.82, 2.24) is 4.90 Å². The number of aliphatic hydroxyl groups is 1. The zero-order valence-corrected chi connectivity index (χ0v) is 11.1. The van der Waals surface area contributed by atoms with Crippen molar-refractivity contribution < 1.29 is 5.11 Å². The number of nitrogens with zero attached hydrogens (tertiary/aromatic N) is 1. The lowest BCUT2D eigenvalue weighted by Crippen LogP contribution is -2.37. The highest BCUT2D eigenvalue weighted by Crippen LogP contribution is 2.16. The van der Waals surface area contributed by atoms with Crippen LogP contribution in [0.2, 0.25) is 0 Å². The van der Waals surface area contributed by atoms with Gasteiger partial charge in [0, 0.05) is 18.6 Å². The van der Waals surface area contributed by atoms with Gasteiger partial charge in [0.05, 0.1) is 0 Å². The third kappa shape index (κ3) is 7.80. The maximum absolute atomic E-state index is 9.27. The summed E-state index contributed by atoms with van der Waals surface area (Å²) in [6.45, 7) is 12.4. The van der Waals surface area contributed by atoms with Crippen LogP contribution in [0.5, 0.6) is 0 Å². The van der Waals surface area contributed by atoms with E-state index in [1.54, 1.807) is 0 Å². The minimum absolute atomic E-state index is 0.0431. The molecule has 15 heavy (non-hydrogen) atoms. The van der Waals surface area contributed by atoms with E-state index in [1.165, 1.54) is 38.8 Å². The molecule has 0 radical (unpaired) electrons. The molecule has 0 rings (SSSR count). The molecule has 0 aliphatic rings. The largest absolute Gasteiger partial charge is 0.396 e. The molecule has 0 atom stereocenters. The average molecular weight is 215 g/mol. The fourth-order valence-electron chi connectivity index (χ4n) is 1.69. The third-order valence-corrected chi connectivity index (χ3v) is 2.74. The van der Waals surface area contributed by atoms with Crippen LogP contribution >= 0.6 is 0 Å². The van der Waals surface area contributed by atoms with Crippen molar-refractivity contribution >= 4 is 0 Å². The molecule has 1 N–H and O–H groups in total. The van der Waals surface area contributed by atoms with Gasteiger partial charge >= 0.3 is 0 Å². The predicted molar refractivity (Wildman–Crippen MR) is 67.1 cm³/mol. The Kier molecular flexibility index (Phi) is 8.07. The molecule has 2 nitrogen and oxygen atoms in total. The zero-order valence-electron chi connectivity index (χ0n) is 11.1. The highest BCUT2D eigenvalue weighted by atomic mass is 16.3. The van der Waals surface area contributed by atoms with E-state index >= 15 is 0 Å². The Bertz CT molecular complexity index is 137. The summed E-state index contributed by atoms with van der Waals surface area (Å²) in [6, 6.07) is 0. The van der Waals surface area contributed by atoms with E-state index in [0.29, 0.717) is 0 Å². The highest BCUT2D eigenvalue weighted by Gasteiger charge is 2.20. The van der Waals surface area contributed by atoms with Crippen LogP contribution in [0.25, 0.3) is 0 Å². The van der Waals surface area contributed by atoms with Crippen molar-refractivity contribution in [2.75, 3.05) is 26.2 Å². The Morgan fingerprint density at radius 1 is 1.00 bits per heavy atom. The van der Waals surface area contributed by atoms with Gasteiger partial charge in [-0.3, -0.25) is 0 Å². The van der Waals surface area contributed by atoms with Crippen LogP contribution in [-0.2, 0) is 0 Å². The Balaban J connectivity index is 3.98. The molecular formula is C13H29NO. The minimum atomic E-state index is 0.0431. The lowest BCUT2D eigenvalue weighted by molar-refractivity contribution is 0.101. The highest BCUT2D eigenvalue weighted by molar-refractivity contribution is 4.73. The van der Waals surface area contributed by atoms with Gasteiger partial charge in [0.2, 0.25) is 0 Å². The van der Waals surface area contributed by atoms with Gasteiger partial charge in [-0.2, -0.15) is 0 Å². The molecule has 0 saturated carbocycles. The Morgan fingerprint density at radius 2 is 1.47 bits per heavy atom. The summed E-state index contributed by atoms with van der Waals surface area (Å²) in [7, 11) is 0. The van der Waals surface area contributed by atoms with Crippen LogP contribution in [0, 0.1) is 5.41 Å². The van der Waals surface area contributed by atoms with E-state index in [-0.39, 0.29) is 12.0 Å². The maximum Gasteiger partial charge on any atom is 0.0494 e. The van der Waals surface area contributed by atoms with Crippen molar-refractivity contribution in [2.24, 2.45) is 5.41 Å². The molecule has 0 heterocycles. The average Bonchev–Trinajstić information content (AvgIpc) is 2.22. The standard InChI is InChI=1S/C13H29NO/c1-5-7-9-14(10-8-6-2)11-13(3,4)12-15/h15H,5-12H2,1-4H3. The first-order valence-electron chi connectivity index (χ1n) is 6.39. The molecule has 0 unspecified atom stereocenters. The third-order valence-electron chi connectivity index (χ3n) is 2.74. The molecule has 0 spiro atoms. The molecular weight excluding hydrogens is 186 g/mol. The van der Waals surface area contributed by atoms with Crippen LogP contribution in [0.4, 0.5) is 0 Å². The van der Waals surface area contributed by atoms with Crippen molar-refractivity contribution in [3.63, 3.8) is 0 Å². The summed E-state index contributed by atoms with van der Waals surface area (Å²) in [5.74, 6) is 0. The van der Waals surface area contributed by atoms with Gasteiger partial charge in [0.25, 0.3) is 0 Å². The second-order valence-corrected chi connectivity index (χ2v) is 5.31. The molecule has 0 aliphatic heterocycles. The molecule has 0 aromatic heterocycles. The van der Waals surface area contributed by atoms with Crippen molar-refractivity contribution in [3.8, 4) is 0 Å². The molecule has 0 aromatic carbocycles. The van der Waals surface area contributed by atoms with E-state index in [1.807, 2.05) is 0 Å². The summed E-state index contributed by atoms with van der Waals surface area (Å²) >= 11 is 0. The summed E-state index contributed by atoms with van der Waals surface area (Å²) in [4.78, 5) is 2.50. The molecule has 92 valence electrons. The van der Waals surface area contributed by atoms with Gasteiger partial charge < -0.3 is 10.0 Å². The lowest BCUT2D eigenvalue weighted by atomic mass is 9.94. The zero-order chi connectivity index (χ0) is 11.7. The molecule has 2 heteroatoms. The second-order valence-electron chi connectivity index (χ2n) is 5.31. The summed E-state index contributed by atoms with van der Waals surface area (Å²) in [6.07, 6.45) is 5.04. The summed E-state index contributed by atoms with van der Waals surface area (Å²) < 4.78 is 0. The van der Waals surface area contributed by atoms with Gasteiger partial charge in [0.15, 0.2) is 0 Å². The molecule has 0 amide bonds. The lowest BCUT2D eigenvalue weighted by Gasteiger charge is -2.31. The molecule has 0 fully saturated rings. The quantitative estimate of drug-likeness (QED) is 0.639.